The fourth-order valence-electron chi connectivity index (χ4n) is 6.63. The molecule has 0 fully saturated rings. The number of hydrogen-bond acceptors (Lipinski definition) is 8. The van der Waals surface area contributed by atoms with E-state index in [1.54, 1.807) is 24.3 Å². The number of benzene rings is 1. The summed E-state index contributed by atoms with van der Waals surface area (Å²) in [6.07, 6.45) is 23.8. The molecule has 0 radical (unpaired) electrons. The monoisotopic (exact) mass is 733 g/mol. The maximum atomic E-state index is 13.8. The zero-order valence-corrected chi connectivity index (χ0v) is 32.6. The van der Waals surface area contributed by atoms with E-state index in [0.29, 0.717) is 24.0 Å². The molecule has 298 valence electrons. The summed E-state index contributed by atoms with van der Waals surface area (Å²) in [6, 6.07) is 7.09. The molecule has 0 aliphatic rings. The van der Waals surface area contributed by atoms with Crippen molar-refractivity contribution in [1.29, 1.82) is 0 Å². The zero-order valence-electron chi connectivity index (χ0n) is 32.6. The third-order valence-electron chi connectivity index (χ3n) is 9.83. The second-order valence-electron chi connectivity index (χ2n) is 14.2. The van der Waals surface area contributed by atoms with E-state index in [4.69, 9.17) is 19.7 Å². The molecule has 0 heterocycles. The van der Waals surface area contributed by atoms with Crippen LogP contribution in [0.15, 0.2) is 24.3 Å². The van der Waals surface area contributed by atoms with Crippen LogP contribution < -0.4 is 10.6 Å². The lowest BCUT2D eigenvalue weighted by atomic mass is 9.98. The van der Waals surface area contributed by atoms with Crippen LogP contribution in [0.25, 0.3) is 0 Å². The number of esters is 2. The summed E-state index contributed by atoms with van der Waals surface area (Å²) >= 11 is 0. The molecule has 0 aliphatic carbocycles. The number of methoxy groups -OCH3 is 2. The van der Waals surface area contributed by atoms with E-state index < -0.39 is 0 Å². The molecule has 10 nitrogen and oxygen atoms in total. The van der Waals surface area contributed by atoms with Gasteiger partial charge < -0.3 is 30.3 Å². The summed E-state index contributed by atoms with van der Waals surface area (Å²) in [5.41, 5.74) is 0.785. The van der Waals surface area contributed by atoms with Gasteiger partial charge in [-0.3, -0.25) is 19.2 Å². The van der Waals surface area contributed by atoms with Crippen LogP contribution in [-0.2, 0) is 19.1 Å². The Kier molecular flexibility index (Phi) is 29.5. The highest BCUT2D eigenvalue weighted by molar-refractivity contribution is 6.07. The highest BCUT2D eigenvalue weighted by atomic mass is 16.5. The first-order valence-corrected chi connectivity index (χ1v) is 20.4. The molecule has 52 heavy (non-hydrogen) atoms. The van der Waals surface area contributed by atoms with Gasteiger partial charge in [-0.1, -0.05) is 115 Å². The van der Waals surface area contributed by atoms with E-state index in [9.17, 15) is 19.2 Å². The highest BCUT2D eigenvalue weighted by Gasteiger charge is 2.21. The summed E-state index contributed by atoms with van der Waals surface area (Å²) in [4.78, 5) is 50.3. The lowest BCUT2D eigenvalue weighted by molar-refractivity contribution is -0.141. The van der Waals surface area contributed by atoms with Gasteiger partial charge in [0.15, 0.2) is 0 Å². The van der Waals surface area contributed by atoms with E-state index in [-0.39, 0.29) is 49.1 Å². The zero-order chi connectivity index (χ0) is 38.1. The third-order valence-corrected chi connectivity index (χ3v) is 9.83. The topological polar surface area (TPSA) is 151 Å². The minimum absolute atomic E-state index is 0.00253. The van der Waals surface area contributed by atoms with Crippen LogP contribution in [0.5, 0.6) is 0 Å². The Labute approximate surface area is 314 Å². The van der Waals surface area contributed by atoms with Gasteiger partial charge in [0.25, 0.3) is 11.8 Å². The molecule has 1 aromatic carbocycles. The van der Waals surface area contributed by atoms with Crippen molar-refractivity contribution >= 4 is 23.8 Å². The van der Waals surface area contributed by atoms with Crippen molar-refractivity contribution in [1.82, 2.24) is 10.6 Å². The van der Waals surface area contributed by atoms with Gasteiger partial charge in [-0.05, 0) is 63.5 Å². The van der Waals surface area contributed by atoms with E-state index in [0.717, 1.165) is 154 Å². The number of nitrogens with one attached hydrogen (secondary N) is 2. The Hall–Kier alpha value is -2.98. The van der Waals surface area contributed by atoms with Crippen LogP contribution in [-0.4, -0.2) is 73.5 Å². The van der Waals surface area contributed by atoms with E-state index in [2.05, 4.69) is 10.6 Å². The molecule has 1 aromatic rings. The summed E-state index contributed by atoms with van der Waals surface area (Å²) in [5, 5.41) is 24.7. The van der Waals surface area contributed by atoms with Crippen LogP contribution in [0, 0.1) is 0 Å². The molecule has 2 unspecified atom stereocenters. The van der Waals surface area contributed by atoms with Gasteiger partial charge in [0, 0.05) is 38.1 Å². The molecule has 2 atom stereocenters. The molecule has 10 heteroatoms. The third kappa shape index (κ3) is 24.3. The number of carbonyl (C=O) groups excluding carboxylic acids is 4. The number of carbonyl (C=O) groups is 4. The summed E-state index contributed by atoms with van der Waals surface area (Å²) in [5.74, 6) is -0.780. The number of aliphatic hydroxyl groups is 2. The second-order valence-corrected chi connectivity index (χ2v) is 14.2. The van der Waals surface area contributed by atoms with Gasteiger partial charge in [0.1, 0.15) is 0 Å². The maximum absolute atomic E-state index is 13.8. The quantitative estimate of drug-likeness (QED) is 0.0408. The molecule has 2 amide bonds. The van der Waals surface area contributed by atoms with Crippen molar-refractivity contribution in [2.75, 3.05) is 27.4 Å². The fourth-order valence-corrected chi connectivity index (χ4v) is 6.63. The molecule has 0 saturated carbocycles. The lowest BCUT2D eigenvalue weighted by Crippen LogP contribution is -2.38. The smallest absolute Gasteiger partial charge is 0.305 e. The van der Waals surface area contributed by atoms with Crippen molar-refractivity contribution in [3.05, 3.63) is 35.4 Å². The van der Waals surface area contributed by atoms with Gasteiger partial charge >= 0.3 is 11.9 Å². The van der Waals surface area contributed by atoms with Gasteiger partial charge in [-0.25, -0.2) is 0 Å². The molecule has 1 rings (SSSR count). The summed E-state index contributed by atoms with van der Waals surface area (Å²) in [6.45, 7) is 0.439. The summed E-state index contributed by atoms with van der Waals surface area (Å²) < 4.78 is 9.46. The van der Waals surface area contributed by atoms with Crippen molar-refractivity contribution in [2.24, 2.45) is 0 Å². The molecule has 0 spiro atoms. The van der Waals surface area contributed by atoms with Crippen LogP contribution in [0.3, 0.4) is 0 Å². The maximum Gasteiger partial charge on any atom is 0.305 e. The molecular weight excluding hydrogens is 660 g/mol. The number of ether oxygens (including phenoxy) is 2. The Morgan fingerprint density at radius 1 is 0.481 bits per heavy atom. The first-order valence-electron chi connectivity index (χ1n) is 20.4. The average molecular weight is 733 g/mol. The number of amides is 2. The average Bonchev–Trinajstić information content (AvgIpc) is 3.15. The fraction of sp³-hybridized carbons (Fsp3) is 0.762. The van der Waals surface area contributed by atoms with Gasteiger partial charge in [-0.2, -0.15) is 0 Å². The molecular formula is C42H72N2O8. The molecule has 0 saturated heterocycles. The van der Waals surface area contributed by atoms with Crippen molar-refractivity contribution in [3.8, 4) is 0 Å². The first kappa shape index (κ1) is 47.0. The van der Waals surface area contributed by atoms with Crippen LogP contribution in [0.4, 0.5) is 0 Å². The SMILES string of the molecule is COC(=O)CCCCCCCC(CCCCCCCO)NC(=O)c1ccccc1C(=O)NC(CCCCCCCO)CCCCCCCC(=O)OC. The van der Waals surface area contributed by atoms with Crippen molar-refractivity contribution < 1.29 is 38.9 Å². The molecule has 0 aromatic heterocycles. The van der Waals surface area contributed by atoms with Crippen LogP contribution in [0.2, 0.25) is 0 Å². The van der Waals surface area contributed by atoms with Gasteiger partial charge in [0.2, 0.25) is 0 Å². The molecule has 0 aliphatic heterocycles. The minimum atomic E-state index is -0.221. The Morgan fingerprint density at radius 3 is 1.08 bits per heavy atom. The van der Waals surface area contributed by atoms with E-state index >= 15 is 0 Å². The van der Waals surface area contributed by atoms with Crippen molar-refractivity contribution in [3.63, 3.8) is 0 Å². The number of rotatable bonds is 34. The number of hydrogen-bond donors (Lipinski definition) is 4. The van der Waals surface area contributed by atoms with Crippen LogP contribution >= 0.6 is 0 Å². The van der Waals surface area contributed by atoms with Gasteiger partial charge in [-0.15, -0.1) is 0 Å². The predicted octanol–water partition coefficient (Wildman–Crippen LogP) is 8.36. The molecule has 0 bridgehead atoms. The number of aliphatic hydroxyl groups excluding tert-OH is 2. The Balaban J connectivity index is 2.84. The Morgan fingerprint density at radius 2 is 0.769 bits per heavy atom. The van der Waals surface area contributed by atoms with Crippen LogP contribution in [0.1, 0.15) is 188 Å². The predicted molar refractivity (Wildman–Crippen MR) is 207 cm³/mol. The standard InChI is InChI=1S/C42H72N2O8/c1-51-39(47)31-19-11-3-7-15-25-35(27-17-9-5-13-23-33-45)43-41(49)37-29-21-22-30-38(37)42(50)44-36(28-18-10-6-14-24-34-46)26-16-8-4-12-20-32-40(48)52-2/h21-22,29-30,35-36,45-46H,3-20,23-28,31-34H2,1-2H3,(H,43,49)(H,44,50). The summed E-state index contributed by atoms with van der Waals surface area (Å²) in [7, 11) is 2.83. The Bertz CT molecular complexity index is 999. The highest BCUT2D eigenvalue weighted by Crippen LogP contribution is 2.19. The molecule has 4 N–H and O–H groups in total. The first-order chi connectivity index (χ1) is 25.4. The van der Waals surface area contributed by atoms with Gasteiger partial charge in [0.05, 0.1) is 25.3 Å². The number of unbranched alkanes of at least 4 members (excludes halogenated alkanes) is 16. The van der Waals surface area contributed by atoms with E-state index in [1.165, 1.54) is 14.2 Å². The normalized spacial score (nSPS) is 12.2. The van der Waals surface area contributed by atoms with Crippen molar-refractivity contribution in [2.45, 2.75) is 179 Å². The minimum Gasteiger partial charge on any atom is -0.469 e. The second kappa shape index (κ2) is 32.7. The van der Waals surface area contributed by atoms with E-state index in [1.807, 2.05) is 0 Å². The largest absolute Gasteiger partial charge is 0.469 e. The lowest BCUT2D eigenvalue weighted by Gasteiger charge is -2.22.